The van der Waals surface area contributed by atoms with Crippen LogP contribution in [0.1, 0.15) is 28.9 Å². The molecule has 2 N–H and O–H groups in total. The second-order valence-corrected chi connectivity index (χ2v) is 5.69. The summed E-state index contributed by atoms with van der Waals surface area (Å²) in [4.78, 5) is 19.6. The second kappa shape index (κ2) is 6.66. The van der Waals surface area contributed by atoms with Gasteiger partial charge in [0.25, 0.3) is 0 Å². The van der Waals surface area contributed by atoms with E-state index >= 15 is 0 Å². The summed E-state index contributed by atoms with van der Waals surface area (Å²) in [7, 11) is 0. The van der Waals surface area contributed by atoms with Crippen LogP contribution in [0.5, 0.6) is 0 Å². The van der Waals surface area contributed by atoms with Crippen LogP contribution >= 0.6 is 0 Å². The monoisotopic (exact) mass is 297 g/mol. The number of nitrogens with one attached hydrogen (secondary N) is 1. The predicted molar refractivity (Wildman–Crippen MR) is 83.7 cm³/mol. The van der Waals surface area contributed by atoms with Crippen LogP contribution in [0.15, 0.2) is 36.7 Å². The first kappa shape index (κ1) is 14.7. The van der Waals surface area contributed by atoms with Gasteiger partial charge < -0.3 is 10.4 Å². The van der Waals surface area contributed by atoms with Crippen LogP contribution in [0.25, 0.3) is 11.3 Å². The minimum absolute atomic E-state index is 0.284. The van der Waals surface area contributed by atoms with Gasteiger partial charge in [0.05, 0.1) is 11.3 Å². The molecule has 3 rings (SSSR count). The maximum Gasteiger partial charge on any atom is 0.335 e. The Morgan fingerprint density at radius 3 is 2.77 bits per heavy atom. The first-order valence-electron chi connectivity index (χ1n) is 7.58. The van der Waals surface area contributed by atoms with Crippen molar-refractivity contribution in [2.24, 2.45) is 5.92 Å². The van der Waals surface area contributed by atoms with Gasteiger partial charge in [-0.1, -0.05) is 12.1 Å². The highest BCUT2D eigenvalue weighted by Gasteiger charge is 2.14. The Hall–Kier alpha value is -2.27. The minimum Gasteiger partial charge on any atom is -0.478 e. The summed E-state index contributed by atoms with van der Waals surface area (Å²) in [5.41, 5.74) is 3.08. The predicted octanol–water partition coefficient (Wildman–Crippen LogP) is 2.38. The smallest absolute Gasteiger partial charge is 0.335 e. The van der Waals surface area contributed by atoms with Crippen LogP contribution in [0.3, 0.4) is 0 Å². The Morgan fingerprint density at radius 2 is 2.09 bits per heavy atom. The highest BCUT2D eigenvalue weighted by Crippen LogP contribution is 2.20. The van der Waals surface area contributed by atoms with E-state index in [1.54, 1.807) is 30.6 Å². The van der Waals surface area contributed by atoms with Crippen LogP contribution in [0.4, 0.5) is 0 Å². The fourth-order valence-corrected chi connectivity index (χ4v) is 2.84. The number of nitrogens with zero attached hydrogens (tertiary/aromatic N) is 2. The summed E-state index contributed by atoms with van der Waals surface area (Å²) in [6, 6.07) is 8.79. The van der Waals surface area contributed by atoms with E-state index in [0.717, 1.165) is 36.5 Å². The van der Waals surface area contributed by atoms with Crippen LogP contribution in [0.2, 0.25) is 0 Å². The zero-order valence-electron chi connectivity index (χ0n) is 12.3. The van der Waals surface area contributed by atoms with E-state index in [1.807, 2.05) is 6.07 Å². The third-order valence-corrected chi connectivity index (χ3v) is 4.05. The van der Waals surface area contributed by atoms with Crippen molar-refractivity contribution in [3.05, 3.63) is 47.9 Å². The number of carboxylic acids is 1. The molecule has 2 heterocycles. The molecule has 0 aliphatic carbocycles. The SMILES string of the molecule is O=C(O)c1ccc(-c2cc(CC3CCCNC3)ncn2)cc1. The quantitative estimate of drug-likeness (QED) is 0.906. The molecule has 22 heavy (non-hydrogen) atoms. The third kappa shape index (κ3) is 3.49. The number of hydrogen-bond donors (Lipinski definition) is 2. The molecule has 0 bridgehead atoms. The lowest BCUT2D eigenvalue weighted by Gasteiger charge is -2.22. The highest BCUT2D eigenvalue weighted by atomic mass is 16.4. The van der Waals surface area contributed by atoms with Crippen molar-refractivity contribution in [1.82, 2.24) is 15.3 Å². The van der Waals surface area contributed by atoms with Gasteiger partial charge in [0.1, 0.15) is 6.33 Å². The van der Waals surface area contributed by atoms with Gasteiger partial charge in [-0.05, 0) is 56.5 Å². The zero-order chi connectivity index (χ0) is 15.4. The number of rotatable bonds is 4. The van der Waals surface area contributed by atoms with E-state index < -0.39 is 5.97 Å². The molecule has 0 amide bonds. The number of carbonyl (C=O) groups is 1. The van der Waals surface area contributed by atoms with Crippen molar-refractivity contribution in [2.45, 2.75) is 19.3 Å². The van der Waals surface area contributed by atoms with Gasteiger partial charge >= 0.3 is 5.97 Å². The number of hydrogen-bond acceptors (Lipinski definition) is 4. The second-order valence-electron chi connectivity index (χ2n) is 5.69. The standard InChI is InChI=1S/C17H19N3O2/c21-17(22)14-5-3-13(4-6-14)16-9-15(19-11-20-16)8-12-2-1-7-18-10-12/h3-6,9,11-12,18H,1-2,7-8,10H2,(H,21,22). The molecule has 1 aromatic carbocycles. The molecule has 1 aromatic heterocycles. The number of aromatic nitrogens is 2. The number of piperidine rings is 1. The summed E-state index contributed by atoms with van der Waals surface area (Å²) in [5.74, 6) is -0.286. The van der Waals surface area contributed by atoms with E-state index in [0.29, 0.717) is 5.92 Å². The number of aromatic carboxylic acids is 1. The maximum atomic E-state index is 10.9. The molecule has 1 aliphatic heterocycles. The zero-order valence-corrected chi connectivity index (χ0v) is 12.3. The molecule has 1 saturated heterocycles. The largest absolute Gasteiger partial charge is 0.478 e. The van der Waals surface area contributed by atoms with Crippen molar-refractivity contribution in [2.75, 3.05) is 13.1 Å². The lowest BCUT2D eigenvalue weighted by Crippen LogP contribution is -2.31. The molecule has 0 radical (unpaired) electrons. The Balaban J connectivity index is 1.76. The molecular weight excluding hydrogens is 278 g/mol. The van der Waals surface area contributed by atoms with Crippen molar-refractivity contribution >= 4 is 5.97 Å². The molecule has 5 heteroatoms. The lowest BCUT2D eigenvalue weighted by molar-refractivity contribution is 0.0697. The number of benzene rings is 1. The fourth-order valence-electron chi connectivity index (χ4n) is 2.84. The molecule has 1 atom stereocenters. The molecule has 0 spiro atoms. The van der Waals surface area contributed by atoms with Crippen LogP contribution in [-0.4, -0.2) is 34.1 Å². The first-order valence-corrected chi connectivity index (χ1v) is 7.58. The Bertz CT molecular complexity index is 649. The fraction of sp³-hybridized carbons (Fsp3) is 0.353. The van der Waals surface area contributed by atoms with Crippen LogP contribution in [-0.2, 0) is 6.42 Å². The molecule has 5 nitrogen and oxygen atoms in total. The Morgan fingerprint density at radius 1 is 1.27 bits per heavy atom. The normalized spacial score (nSPS) is 18.1. The van der Waals surface area contributed by atoms with Gasteiger partial charge in [-0.15, -0.1) is 0 Å². The molecular formula is C17H19N3O2. The first-order chi connectivity index (χ1) is 10.7. The van der Waals surface area contributed by atoms with Gasteiger partial charge in [0.2, 0.25) is 0 Å². The van der Waals surface area contributed by atoms with Gasteiger partial charge in [0.15, 0.2) is 0 Å². The summed E-state index contributed by atoms with van der Waals surface area (Å²) in [5, 5.41) is 12.4. The number of carboxylic acid groups (broad SMARTS) is 1. The molecule has 0 saturated carbocycles. The van der Waals surface area contributed by atoms with Gasteiger partial charge in [-0.25, -0.2) is 14.8 Å². The summed E-state index contributed by atoms with van der Waals surface area (Å²) in [6.07, 6.45) is 5.00. The van der Waals surface area contributed by atoms with Crippen molar-refractivity contribution < 1.29 is 9.90 Å². The van der Waals surface area contributed by atoms with Gasteiger partial charge in [-0.2, -0.15) is 0 Å². The molecule has 1 aliphatic rings. The van der Waals surface area contributed by atoms with Crippen LogP contribution in [0, 0.1) is 5.92 Å². The molecule has 2 aromatic rings. The maximum absolute atomic E-state index is 10.9. The topological polar surface area (TPSA) is 75.1 Å². The summed E-state index contributed by atoms with van der Waals surface area (Å²) < 4.78 is 0. The average molecular weight is 297 g/mol. The average Bonchev–Trinajstić information content (AvgIpc) is 2.56. The third-order valence-electron chi connectivity index (χ3n) is 4.05. The minimum atomic E-state index is -0.917. The van der Waals surface area contributed by atoms with E-state index in [1.165, 1.54) is 12.8 Å². The van der Waals surface area contributed by atoms with Gasteiger partial charge in [-0.3, -0.25) is 0 Å². The van der Waals surface area contributed by atoms with E-state index in [9.17, 15) is 4.79 Å². The lowest BCUT2D eigenvalue weighted by atomic mass is 9.94. The van der Waals surface area contributed by atoms with Gasteiger partial charge in [0, 0.05) is 11.3 Å². The molecule has 114 valence electrons. The van der Waals surface area contributed by atoms with Crippen molar-refractivity contribution in [1.29, 1.82) is 0 Å². The highest BCUT2D eigenvalue weighted by molar-refractivity contribution is 5.88. The van der Waals surface area contributed by atoms with E-state index in [4.69, 9.17) is 5.11 Å². The van der Waals surface area contributed by atoms with E-state index in [-0.39, 0.29) is 5.56 Å². The summed E-state index contributed by atoms with van der Waals surface area (Å²) in [6.45, 7) is 2.16. The van der Waals surface area contributed by atoms with Crippen molar-refractivity contribution in [3.8, 4) is 11.3 Å². The Labute approximate surface area is 129 Å². The van der Waals surface area contributed by atoms with Crippen molar-refractivity contribution in [3.63, 3.8) is 0 Å². The summed E-state index contributed by atoms with van der Waals surface area (Å²) >= 11 is 0. The molecule has 1 fully saturated rings. The molecule has 1 unspecified atom stereocenters. The van der Waals surface area contributed by atoms with E-state index in [2.05, 4.69) is 15.3 Å². The Kier molecular flexibility index (Phi) is 4.44. The van der Waals surface area contributed by atoms with Crippen LogP contribution < -0.4 is 5.32 Å².